The van der Waals surface area contributed by atoms with Crippen LogP contribution >= 0.6 is 0 Å². The van der Waals surface area contributed by atoms with E-state index in [0.29, 0.717) is 12.1 Å². The number of pyridine rings is 1. The van der Waals surface area contributed by atoms with Crippen LogP contribution in [0.5, 0.6) is 0 Å². The topological polar surface area (TPSA) is 54.8 Å². The lowest BCUT2D eigenvalue weighted by molar-refractivity contribution is -0.137. The molecule has 2 rings (SSSR count). The van der Waals surface area contributed by atoms with E-state index in [4.69, 9.17) is 0 Å². The number of hydrogen-bond acceptors (Lipinski definition) is 4. The van der Waals surface area contributed by atoms with E-state index in [1.807, 2.05) is 6.92 Å². The summed E-state index contributed by atoms with van der Waals surface area (Å²) in [6, 6.07) is 1.95. The number of nitrogens with one attached hydrogen (secondary N) is 2. The van der Waals surface area contributed by atoms with Gasteiger partial charge in [0.2, 0.25) is 0 Å². The molecule has 8 heteroatoms. The maximum absolute atomic E-state index is 12.9. The first-order valence-electron chi connectivity index (χ1n) is 6.40. The van der Waals surface area contributed by atoms with E-state index >= 15 is 0 Å². The van der Waals surface area contributed by atoms with Crippen LogP contribution in [-0.4, -0.2) is 21.8 Å². The van der Waals surface area contributed by atoms with Crippen LogP contribution in [0.1, 0.15) is 18.2 Å². The Hall–Kier alpha value is -2.25. The van der Waals surface area contributed by atoms with Crippen molar-refractivity contribution in [2.45, 2.75) is 19.5 Å². The lowest BCUT2D eigenvalue weighted by Crippen LogP contribution is -2.08. The number of anilines is 3. The van der Waals surface area contributed by atoms with Gasteiger partial charge in [-0.15, -0.1) is 0 Å². The Bertz CT molecular complexity index is 633. The highest BCUT2D eigenvalue weighted by atomic mass is 19.4. The summed E-state index contributed by atoms with van der Waals surface area (Å²) in [5, 5.41) is 9.75. The van der Waals surface area contributed by atoms with Crippen LogP contribution in [0.25, 0.3) is 0 Å². The average Bonchev–Trinajstić information content (AvgIpc) is 2.77. The summed E-state index contributed by atoms with van der Waals surface area (Å²) in [5.74, 6) is 0.270. The van der Waals surface area contributed by atoms with Crippen molar-refractivity contribution < 1.29 is 13.2 Å². The van der Waals surface area contributed by atoms with Crippen molar-refractivity contribution in [3.05, 3.63) is 29.6 Å². The van der Waals surface area contributed by atoms with E-state index in [1.165, 1.54) is 7.05 Å². The maximum Gasteiger partial charge on any atom is 0.416 e. The fourth-order valence-electron chi connectivity index (χ4n) is 1.92. The molecular formula is C13H16F3N5. The summed E-state index contributed by atoms with van der Waals surface area (Å²) in [7, 11) is 3.27. The molecule has 0 fully saturated rings. The van der Waals surface area contributed by atoms with E-state index in [0.717, 1.165) is 17.8 Å². The van der Waals surface area contributed by atoms with Gasteiger partial charge in [-0.05, 0) is 18.6 Å². The first-order valence-corrected chi connectivity index (χ1v) is 6.40. The Kier molecular flexibility index (Phi) is 4.06. The number of hydrogen-bond donors (Lipinski definition) is 2. The maximum atomic E-state index is 12.9. The molecule has 0 aromatic carbocycles. The van der Waals surface area contributed by atoms with E-state index in [2.05, 4.69) is 20.7 Å². The van der Waals surface area contributed by atoms with E-state index in [1.54, 1.807) is 17.9 Å². The minimum atomic E-state index is -4.42. The number of halogens is 3. The van der Waals surface area contributed by atoms with Gasteiger partial charge in [-0.25, -0.2) is 4.98 Å². The monoisotopic (exact) mass is 299 g/mol. The molecule has 0 unspecified atom stereocenters. The Balaban J connectivity index is 2.39. The smallest absolute Gasteiger partial charge is 0.373 e. The van der Waals surface area contributed by atoms with Gasteiger partial charge in [-0.2, -0.15) is 18.3 Å². The third kappa shape index (κ3) is 3.45. The molecule has 0 aliphatic rings. The van der Waals surface area contributed by atoms with Gasteiger partial charge < -0.3 is 10.6 Å². The molecule has 0 aliphatic carbocycles. The SMILES string of the molecule is CCc1nn(C)cc1Nc1cc(C(F)(F)F)cc(NC)n1. The molecule has 5 nitrogen and oxygen atoms in total. The third-order valence-electron chi connectivity index (χ3n) is 2.91. The Labute approximate surface area is 120 Å². The van der Waals surface area contributed by atoms with Crippen molar-refractivity contribution in [1.29, 1.82) is 0 Å². The number of aromatic nitrogens is 3. The van der Waals surface area contributed by atoms with Gasteiger partial charge in [-0.3, -0.25) is 4.68 Å². The van der Waals surface area contributed by atoms with Crippen LogP contribution in [0.2, 0.25) is 0 Å². The Morgan fingerprint density at radius 2 is 1.90 bits per heavy atom. The fraction of sp³-hybridized carbons (Fsp3) is 0.385. The Morgan fingerprint density at radius 1 is 1.24 bits per heavy atom. The van der Waals surface area contributed by atoms with Crippen molar-refractivity contribution in [2.75, 3.05) is 17.7 Å². The quantitative estimate of drug-likeness (QED) is 0.910. The minimum Gasteiger partial charge on any atom is -0.373 e. The molecule has 114 valence electrons. The minimum absolute atomic E-state index is 0.122. The molecule has 0 atom stereocenters. The molecule has 2 N–H and O–H groups in total. The first kappa shape index (κ1) is 15.1. The van der Waals surface area contributed by atoms with Crippen molar-refractivity contribution in [2.24, 2.45) is 7.05 Å². The largest absolute Gasteiger partial charge is 0.416 e. The van der Waals surface area contributed by atoms with Crippen LogP contribution < -0.4 is 10.6 Å². The Morgan fingerprint density at radius 3 is 2.48 bits per heavy atom. The van der Waals surface area contributed by atoms with Gasteiger partial charge in [0.15, 0.2) is 0 Å². The summed E-state index contributed by atoms with van der Waals surface area (Å²) in [6.45, 7) is 1.92. The second-order valence-electron chi connectivity index (χ2n) is 4.52. The molecule has 0 saturated heterocycles. The van der Waals surface area contributed by atoms with Crippen LogP contribution in [0.15, 0.2) is 18.3 Å². The zero-order chi connectivity index (χ0) is 15.6. The van der Waals surface area contributed by atoms with Gasteiger partial charge in [0, 0.05) is 20.3 Å². The van der Waals surface area contributed by atoms with Crippen LogP contribution in [0, 0.1) is 0 Å². The lowest BCUT2D eigenvalue weighted by atomic mass is 10.2. The molecule has 2 aromatic heterocycles. The molecule has 0 radical (unpaired) electrons. The number of nitrogens with zero attached hydrogens (tertiary/aromatic N) is 3. The van der Waals surface area contributed by atoms with Crippen molar-refractivity contribution in [3.8, 4) is 0 Å². The van der Waals surface area contributed by atoms with Gasteiger partial charge in [-0.1, -0.05) is 6.92 Å². The standard InChI is InChI=1S/C13H16F3N5/c1-4-9-10(7-21(3)20-9)18-12-6-8(13(14,15)16)5-11(17-2)19-12/h5-7H,4H2,1-3H3,(H2,17,18,19). The highest BCUT2D eigenvalue weighted by molar-refractivity contribution is 5.61. The van der Waals surface area contributed by atoms with Gasteiger partial charge in [0.1, 0.15) is 11.6 Å². The summed E-state index contributed by atoms with van der Waals surface area (Å²) in [6.07, 6.45) is -2.05. The van der Waals surface area contributed by atoms with E-state index in [-0.39, 0.29) is 11.6 Å². The normalized spacial score (nSPS) is 11.5. The predicted molar refractivity (Wildman–Crippen MR) is 74.7 cm³/mol. The van der Waals surface area contributed by atoms with E-state index < -0.39 is 11.7 Å². The van der Waals surface area contributed by atoms with Gasteiger partial charge in [0.05, 0.1) is 16.9 Å². The molecular weight excluding hydrogens is 283 g/mol. The van der Waals surface area contributed by atoms with Crippen LogP contribution in [-0.2, 0) is 19.6 Å². The summed E-state index contributed by atoms with van der Waals surface area (Å²) in [5.41, 5.74) is 0.655. The molecule has 0 bridgehead atoms. The molecule has 0 aliphatic heterocycles. The zero-order valence-corrected chi connectivity index (χ0v) is 11.9. The summed E-state index contributed by atoms with van der Waals surface area (Å²) in [4.78, 5) is 4.09. The third-order valence-corrected chi connectivity index (χ3v) is 2.91. The van der Waals surface area contributed by atoms with Gasteiger partial charge in [0.25, 0.3) is 0 Å². The van der Waals surface area contributed by atoms with Gasteiger partial charge >= 0.3 is 6.18 Å². The molecule has 2 aromatic rings. The second-order valence-corrected chi connectivity index (χ2v) is 4.52. The molecule has 2 heterocycles. The van der Waals surface area contributed by atoms with Crippen molar-refractivity contribution in [1.82, 2.24) is 14.8 Å². The van der Waals surface area contributed by atoms with Crippen molar-refractivity contribution in [3.63, 3.8) is 0 Å². The predicted octanol–water partition coefficient (Wildman–Crippen LogP) is 3.18. The molecule has 0 amide bonds. The average molecular weight is 299 g/mol. The zero-order valence-electron chi connectivity index (χ0n) is 11.9. The first-order chi connectivity index (χ1) is 9.83. The highest BCUT2D eigenvalue weighted by Gasteiger charge is 2.31. The molecule has 0 spiro atoms. The van der Waals surface area contributed by atoms with Crippen LogP contribution in [0.4, 0.5) is 30.5 Å². The van der Waals surface area contributed by atoms with Crippen molar-refractivity contribution >= 4 is 17.3 Å². The fourth-order valence-corrected chi connectivity index (χ4v) is 1.92. The number of aryl methyl sites for hydroxylation is 2. The molecule has 0 saturated carbocycles. The summed E-state index contributed by atoms with van der Waals surface area (Å²) >= 11 is 0. The molecule has 21 heavy (non-hydrogen) atoms. The number of rotatable bonds is 4. The summed E-state index contributed by atoms with van der Waals surface area (Å²) < 4.78 is 40.2. The lowest BCUT2D eigenvalue weighted by Gasteiger charge is -2.12. The second kappa shape index (κ2) is 5.63. The number of alkyl halides is 3. The van der Waals surface area contributed by atoms with Crippen LogP contribution in [0.3, 0.4) is 0 Å². The highest BCUT2D eigenvalue weighted by Crippen LogP contribution is 2.32. The van der Waals surface area contributed by atoms with E-state index in [9.17, 15) is 13.2 Å².